The van der Waals surface area contributed by atoms with E-state index in [1.807, 2.05) is 37.3 Å². The largest absolute Gasteiger partial charge is 0.490 e. The summed E-state index contributed by atoms with van der Waals surface area (Å²) in [6, 6.07) is 13.9. The van der Waals surface area contributed by atoms with E-state index in [1.54, 1.807) is 6.07 Å². The van der Waals surface area contributed by atoms with Crippen molar-refractivity contribution in [2.45, 2.75) is 26.2 Å². The number of para-hydroxylation sites is 2. The smallest absolute Gasteiger partial charge is 0.220 e. The summed E-state index contributed by atoms with van der Waals surface area (Å²) in [5.74, 6) is 1.12. The molecule has 0 aliphatic carbocycles. The normalized spacial score (nSPS) is 10.3. The molecule has 4 nitrogen and oxygen atoms in total. The number of hydrogen-bond acceptors (Lipinski definition) is 3. The molecule has 1 amide bonds. The Morgan fingerprint density at radius 2 is 1.84 bits per heavy atom. The first kappa shape index (κ1) is 18.8. The lowest BCUT2D eigenvalue weighted by atomic mass is 10.1. The van der Waals surface area contributed by atoms with Crippen molar-refractivity contribution >= 4 is 5.91 Å². The molecule has 0 saturated heterocycles. The van der Waals surface area contributed by atoms with Crippen LogP contribution in [0.4, 0.5) is 4.39 Å². The van der Waals surface area contributed by atoms with Crippen LogP contribution in [0.2, 0.25) is 0 Å². The number of halogens is 1. The number of ether oxygens (including phenoxy) is 2. The first-order valence-corrected chi connectivity index (χ1v) is 8.55. The molecular formula is C20H24FNO3. The summed E-state index contributed by atoms with van der Waals surface area (Å²) in [6.07, 6.45) is 1.62. The molecular weight excluding hydrogens is 321 g/mol. The number of hydrogen-bond donors (Lipinski definition) is 1. The van der Waals surface area contributed by atoms with Gasteiger partial charge in [0.05, 0.1) is 13.2 Å². The third-order valence-electron chi connectivity index (χ3n) is 3.58. The maximum absolute atomic E-state index is 13.1. The molecule has 0 spiro atoms. The number of carbonyl (C=O) groups is 1. The van der Waals surface area contributed by atoms with Crippen molar-refractivity contribution in [1.82, 2.24) is 5.32 Å². The molecule has 0 heterocycles. The van der Waals surface area contributed by atoms with E-state index >= 15 is 0 Å². The fraction of sp³-hybridized carbons (Fsp3) is 0.350. The van der Waals surface area contributed by atoms with Crippen molar-refractivity contribution in [3.05, 3.63) is 59.9 Å². The highest BCUT2D eigenvalue weighted by molar-refractivity contribution is 5.75. The first-order chi connectivity index (χ1) is 12.2. The lowest BCUT2D eigenvalue weighted by Crippen LogP contribution is -2.25. The van der Waals surface area contributed by atoms with Gasteiger partial charge in [-0.05, 0) is 49.6 Å². The molecule has 0 aromatic heterocycles. The molecule has 2 aromatic carbocycles. The summed E-state index contributed by atoms with van der Waals surface area (Å²) < 4.78 is 24.2. The van der Waals surface area contributed by atoms with E-state index in [4.69, 9.17) is 9.47 Å². The molecule has 0 aliphatic rings. The van der Waals surface area contributed by atoms with Crippen LogP contribution in [0.3, 0.4) is 0 Å². The lowest BCUT2D eigenvalue weighted by Gasteiger charge is -2.11. The molecule has 0 saturated carbocycles. The molecule has 5 heteroatoms. The SMILES string of the molecule is CCOc1ccccc1OCCCC(=O)NCCc1cccc(F)c1. The predicted molar refractivity (Wildman–Crippen MR) is 95.5 cm³/mol. The first-order valence-electron chi connectivity index (χ1n) is 8.55. The average Bonchev–Trinajstić information content (AvgIpc) is 2.60. The minimum absolute atomic E-state index is 0.0295. The Morgan fingerprint density at radius 3 is 2.56 bits per heavy atom. The molecule has 0 atom stereocenters. The van der Waals surface area contributed by atoms with Crippen LogP contribution >= 0.6 is 0 Å². The van der Waals surface area contributed by atoms with Crippen molar-refractivity contribution in [2.24, 2.45) is 0 Å². The lowest BCUT2D eigenvalue weighted by molar-refractivity contribution is -0.121. The summed E-state index contributed by atoms with van der Waals surface area (Å²) >= 11 is 0. The van der Waals surface area contributed by atoms with E-state index in [9.17, 15) is 9.18 Å². The zero-order valence-corrected chi connectivity index (χ0v) is 14.5. The van der Waals surface area contributed by atoms with Gasteiger partial charge in [0.2, 0.25) is 5.91 Å². The van der Waals surface area contributed by atoms with Crippen LogP contribution in [-0.2, 0) is 11.2 Å². The van der Waals surface area contributed by atoms with Crippen LogP contribution in [0.15, 0.2) is 48.5 Å². The Balaban J connectivity index is 1.62. The van der Waals surface area contributed by atoms with E-state index in [0.29, 0.717) is 50.5 Å². The fourth-order valence-corrected chi connectivity index (χ4v) is 2.39. The van der Waals surface area contributed by atoms with Crippen molar-refractivity contribution in [3.63, 3.8) is 0 Å². The minimum Gasteiger partial charge on any atom is -0.490 e. The molecule has 25 heavy (non-hydrogen) atoms. The van der Waals surface area contributed by atoms with Gasteiger partial charge in [0.15, 0.2) is 11.5 Å². The van der Waals surface area contributed by atoms with Crippen molar-refractivity contribution in [1.29, 1.82) is 0 Å². The molecule has 0 unspecified atom stereocenters. The van der Waals surface area contributed by atoms with Crippen molar-refractivity contribution in [2.75, 3.05) is 19.8 Å². The van der Waals surface area contributed by atoms with Crippen molar-refractivity contribution in [3.8, 4) is 11.5 Å². The highest BCUT2D eigenvalue weighted by Gasteiger charge is 2.05. The van der Waals surface area contributed by atoms with Gasteiger partial charge in [-0.1, -0.05) is 24.3 Å². The number of rotatable bonds is 10. The number of carbonyl (C=O) groups excluding carboxylic acids is 1. The van der Waals surface area contributed by atoms with Crippen LogP contribution in [-0.4, -0.2) is 25.7 Å². The molecule has 2 rings (SSSR count). The van der Waals surface area contributed by atoms with E-state index in [0.717, 1.165) is 5.56 Å². The fourth-order valence-electron chi connectivity index (χ4n) is 2.39. The van der Waals surface area contributed by atoms with Gasteiger partial charge in [-0.3, -0.25) is 4.79 Å². The summed E-state index contributed by atoms with van der Waals surface area (Å²) in [5.41, 5.74) is 0.871. The van der Waals surface area contributed by atoms with Gasteiger partial charge >= 0.3 is 0 Å². The molecule has 134 valence electrons. The summed E-state index contributed by atoms with van der Waals surface area (Å²) in [4.78, 5) is 11.8. The quantitative estimate of drug-likeness (QED) is 0.667. The molecule has 1 N–H and O–H groups in total. The molecule has 0 fully saturated rings. The summed E-state index contributed by atoms with van der Waals surface area (Å²) in [7, 11) is 0. The second kappa shape index (κ2) is 10.3. The minimum atomic E-state index is -0.256. The Morgan fingerprint density at radius 1 is 1.08 bits per heavy atom. The van der Waals surface area contributed by atoms with E-state index in [1.165, 1.54) is 12.1 Å². The molecule has 0 aliphatic heterocycles. The Bertz CT molecular complexity index is 675. The number of amides is 1. The number of benzene rings is 2. The summed E-state index contributed by atoms with van der Waals surface area (Å²) in [6.45, 7) is 3.44. The van der Waals surface area contributed by atoms with Crippen molar-refractivity contribution < 1.29 is 18.7 Å². The van der Waals surface area contributed by atoms with E-state index in [2.05, 4.69) is 5.32 Å². The van der Waals surface area contributed by atoms with Gasteiger partial charge in [-0.15, -0.1) is 0 Å². The molecule has 0 radical (unpaired) electrons. The van der Waals surface area contributed by atoms with Crippen LogP contribution in [0.25, 0.3) is 0 Å². The zero-order chi connectivity index (χ0) is 17.9. The second-order valence-electron chi connectivity index (χ2n) is 5.56. The van der Waals surface area contributed by atoms with Crippen LogP contribution in [0, 0.1) is 5.82 Å². The summed E-state index contributed by atoms with van der Waals surface area (Å²) in [5, 5.41) is 2.84. The highest BCUT2D eigenvalue weighted by Crippen LogP contribution is 2.26. The molecule has 0 bridgehead atoms. The van der Waals surface area contributed by atoms with Crippen LogP contribution in [0.5, 0.6) is 11.5 Å². The standard InChI is InChI=1S/C20H24FNO3/c1-2-24-18-9-3-4-10-19(18)25-14-6-11-20(23)22-13-12-16-7-5-8-17(21)15-16/h3-5,7-10,15H,2,6,11-14H2,1H3,(H,22,23). The van der Waals surface area contributed by atoms with Crippen LogP contribution in [0.1, 0.15) is 25.3 Å². The Kier molecular flexibility index (Phi) is 7.76. The Hall–Kier alpha value is -2.56. The van der Waals surface area contributed by atoms with E-state index < -0.39 is 0 Å². The molecule has 2 aromatic rings. The van der Waals surface area contributed by atoms with Gasteiger partial charge in [-0.25, -0.2) is 4.39 Å². The van der Waals surface area contributed by atoms with Gasteiger partial charge in [0.1, 0.15) is 5.82 Å². The van der Waals surface area contributed by atoms with Gasteiger partial charge in [0.25, 0.3) is 0 Å². The third kappa shape index (κ3) is 6.83. The predicted octanol–water partition coefficient (Wildman–Crippen LogP) is 3.74. The zero-order valence-electron chi connectivity index (χ0n) is 14.5. The number of nitrogens with one attached hydrogen (secondary N) is 1. The monoisotopic (exact) mass is 345 g/mol. The van der Waals surface area contributed by atoms with Crippen LogP contribution < -0.4 is 14.8 Å². The average molecular weight is 345 g/mol. The van der Waals surface area contributed by atoms with Gasteiger partial charge < -0.3 is 14.8 Å². The maximum atomic E-state index is 13.1. The topological polar surface area (TPSA) is 47.6 Å². The maximum Gasteiger partial charge on any atom is 0.220 e. The van der Waals surface area contributed by atoms with Gasteiger partial charge in [0, 0.05) is 13.0 Å². The second-order valence-corrected chi connectivity index (χ2v) is 5.56. The van der Waals surface area contributed by atoms with Gasteiger partial charge in [-0.2, -0.15) is 0 Å². The highest BCUT2D eigenvalue weighted by atomic mass is 19.1. The third-order valence-corrected chi connectivity index (χ3v) is 3.58. The Labute approximate surface area is 148 Å². The van der Waals surface area contributed by atoms with E-state index in [-0.39, 0.29) is 11.7 Å².